The molecule has 20 heavy (non-hydrogen) atoms. The summed E-state index contributed by atoms with van der Waals surface area (Å²) in [4.78, 5) is 11.6. The summed E-state index contributed by atoms with van der Waals surface area (Å²) in [5, 5.41) is 6.23. The van der Waals surface area contributed by atoms with Crippen LogP contribution in [0.5, 0.6) is 0 Å². The van der Waals surface area contributed by atoms with E-state index in [0.29, 0.717) is 0 Å². The molecule has 3 nitrogen and oxygen atoms in total. The van der Waals surface area contributed by atoms with Crippen molar-refractivity contribution >= 4 is 17.3 Å². The zero-order chi connectivity index (χ0) is 14.4. The van der Waals surface area contributed by atoms with Crippen LogP contribution in [0.15, 0.2) is 54.6 Å². The van der Waals surface area contributed by atoms with Gasteiger partial charge >= 0.3 is 0 Å². The number of nitrogens with one attached hydrogen (secondary N) is 2. The van der Waals surface area contributed by atoms with Gasteiger partial charge in [0, 0.05) is 23.8 Å². The van der Waals surface area contributed by atoms with Crippen LogP contribution in [0.4, 0.5) is 11.4 Å². The third-order valence-corrected chi connectivity index (χ3v) is 3.02. The molecule has 1 amide bonds. The summed E-state index contributed by atoms with van der Waals surface area (Å²) in [6.45, 7) is 4.55. The van der Waals surface area contributed by atoms with Crippen LogP contribution in [0.25, 0.3) is 0 Å². The summed E-state index contributed by atoms with van der Waals surface area (Å²) < 4.78 is 0. The molecule has 0 aromatic heterocycles. The number of amides is 1. The average molecular weight is 268 g/mol. The maximum atomic E-state index is 11.6. The van der Waals surface area contributed by atoms with Gasteiger partial charge in [0.05, 0.1) is 0 Å². The van der Waals surface area contributed by atoms with Crippen molar-refractivity contribution in [2.75, 3.05) is 10.6 Å². The van der Waals surface area contributed by atoms with Crippen LogP contribution < -0.4 is 10.6 Å². The molecular formula is C17H20N2O. The Morgan fingerprint density at radius 3 is 2.15 bits per heavy atom. The molecule has 0 spiro atoms. The molecule has 2 rings (SSSR count). The standard InChI is InChI=1S/C17H20N2O/c1-13(2)17(20)19-16-10-8-15(9-11-16)18-12-14-6-4-3-5-7-14/h3-11,13,18H,12H2,1-2H3,(H,19,20). The quantitative estimate of drug-likeness (QED) is 0.863. The number of rotatable bonds is 5. The SMILES string of the molecule is CC(C)C(=O)Nc1ccc(NCc2ccccc2)cc1. The Morgan fingerprint density at radius 2 is 1.55 bits per heavy atom. The highest BCUT2D eigenvalue weighted by Crippen LogP contribution is 2.15. The number of hydrogen-bond acceptors (Lipinski definition) is 2. The average Bonchev–Trinajstić information content (AvgIpc) is 2.47. The van der Waals surface area contributed by atoms with E-state index < -0.39 is 0 Å². The monoisotopic (exact) mass is 268 g/mol. The van der Waals surface area contributed by atoms with E-state index in [-0.39, 0.29) is 11.8 Å². The Kier molecular flexibility index (Phi) is 4.77. The molecular weight excluding hydrogens is 248 g/mol. The highest BCUT2D eigenvalue weighted by molar-refractivity contribution is 5.92. The van der Waals surface area contributed by atoms with Crippen LogP contribution in [0.3, 0.4) is 0 Å². The molecule has 104 valence electrons. The van der Waals surface area contributed by atoms with E-state index in [9.17, 15) is 4.79 Å². The molecule has 0 radical (unpaired) electrons. The molecule has 2 N–H and O–H groups in total. The summed E-state index contributed by atoms with van der Waals surface area (Å²) in [5.74, 6) is 0.0286. The first-order valence-electron chi connectivity index (χ1n) is 6.84. The van der Waals surface area contributed by atoms with E-state index >= 15 is 0 Å². The Bertz CT molecular complexity index is 547. The largest absolute Gasteiger partial charge is 0.381 e. The van der Waals surface area contributed by atoms with Crippen molar-refractivity contribution in [1.29, 1.82) is 0 Å². The fraction of sp³-hybridized carbons (Fsp3) is 0.235. The topological polar surface area (TPSA) is 41.1 Å². The van der Waals surface area contributed by atoms with E-state index in [2.05, 4.69) is 22.8 Å². The first-order chi connectivity index (χ1) is 9.65. The molecule has 0 aliphatic rings. The second-order valence-corrected chi connectivity index (χ2v) is 5.06. The molecule has 0 fully saturated rings. The van der Waals surface area contributed by atoms with Gasteiger partial charge in [-0.25, -0.2) is 0 Å². The van der Waals surface area contributed by atoms with E-state index in [1.807, 2.05) is 56.3 Å². The van der Waals surface area contributed by atoms with Crippen LogP contribution in [-0.2, 0) is 11.3 Å². The first kappa shape index (κ1) is 14.1. The molecule has 0 saturated carbocycles. The predicted octanol–water partition coefficient (Wildman–Crippen LogP) is 3.89. The summed E-state index contributed by atoms with van der Waals surface area (Å²) in [6, 6.07) is 18.0. The van der Waals surface area contributed by atoms with Crippen LogP contribution in [-0.4, -0.2) is 5.91 Å². The number of carbonyl (C=O) groups excluding carboxylic acids is 1. The normalized spacial score (nSPS) is 10.3. The third-order valence-electron chi connectivity index (χ3n) is 3.02. The Morgan fingerprint density at radius 1 is 0.950 bits per heavy atom. The molecule has 0 unspecified atom stereocenters. The minimum atomic E-state index is -0.00844. The summed E-state index contributed by atoms with van der Waals surface area (Å²) in [6.07, 6.45) is 0. The van der Waals surface area contributed by atoms with E-state index in [4.69, 9.17) is 0 Å². The lowest BCUT2D eigenvalue weighted by molar-refractivity contribution is -0.118. The predicted molar refractivity (Wildman–Crippen MR) is 83.7 cm³/mol. The number of benzene rings is 2. The van der Waals surface area contributed by atoms with Crippen molar-refractivity contribution in [3.63, 3.8) is 0 Å². The maximum absolute atomic E-state index is 11.6. The van der Waals surface area contributed by atoms with Crippen molar-refractivity contribution in [1.82, 2.24) is 0 Å². The molecule has 0 aliphatic heterocycles. The van der Waals surface area contributed by atoms with Gasteiger partial charge in [0.15, 0.2) is 0 Å². The molecule has 2 aromatic carbocycles. The highest BCUT2D eigenvalue weighted by Gasteiger charge is 2.06. The molecule has 0 heterocycles. The van der Waals surface area contributed by atoms with Gasteiger partial charge in [0.25, 0.3) is 0 Å². The Hall–Kier alpha value is -2.29. The molecule has 0 saturated heterocycles. The van der Waals surface area contributed by atoms with Gasteiger partial charge in [-0.15, -0.1) is 0 Å². The van der Waals surface area contributed by atoms with Crippen molar-refractivity contribution < 1.29 is 4.79 Å². The lowest BCUT2D eigenvalue weighted by atomic mass is 10.2. The molecule has 2 aromatic rings. The van der Waals surface area contributed by atoms with E-state index in [1.165, 1.54) is 5.56 Å². The minimum Gasteiger partial charge on any atom is -0.381 e. The number of carbonyl (C=O) groups is 1. The second kappa shape index (κ2) is 6.75. The first-order valence-corrected chi connectivity index (χ1v) is 6.84. The lowest BCUT2D eigenvalue weighted by Crippen LogP contribution is -2.17. The molecule has 0 atom stereocenters. The van der Waals surface area contributed by atoms with Crippen molar-refractivity contribution in [3.8, 4) is 0 Å². The van der Waals surface area contributed by atoms with Crippen molar-refractivity contribution in [2.45, 2.75) is 20.4 Å². The van der Waals surface area contributed by atoms with Gasteiger partial charge in [0.1, 0.15) is 0 Å². The second-order valence-electron chi connectivity index (χ2n) is 5.06. The zero-order valence-corrected chi connectivity index (χ0v) is 11.9. The van der Waals surface area contributed by atoms with Crippen LogP contribution in [0.2, 0.25) is 0 Å². The van der Waals surface area contributed by atoms with Crippen LogP contribution in [0.1, 0.15) is 19.4 Å². The van der Waals surface area contributed by atoms with Gasteiger partial charge in [-0.3, -0.25) is 4.79 Å². The smallest absolute Gasteiger partial charge is 0.226 e. The Balaban J connectivity index is 1.90. The van der Waals surface area contributed by atoms with Gasteiger partial charge < -0.3 is 10.6 Å². The fourth-order valence-electron chi connectivity index (χ4n) is 1.76. The number of hydrogen-bond donors (Lipinski definition) is 2. The summed E-state index contributed by atoms with van der Waals surface area (Å²) >= 11 is 0. The van der Waals surface area contributed by atoms with E-state index in [1.54, 1.807) is 0 Å². The molecule has 3 heteroatoms. The third kappa shape index (κ3) is 4.12. The van der Waals surface area contributed by atoms with Gasteiger partial charge in [-0.05, 0) is 29.8 Å². The Labute approximate surface area is 120 Å². The van der Waals surface area contributed by atoms with Crippen molar-refractivity contribution in [2.24, 2.45) is 5.92 Å². The minimum absolute atomic E-state index is 0.00844. The van der Waals surface area contributed by atoms with Gasteiger partial charge in [-0.2, -0.15) is 0 Å². The number of anilines is 2. The van der Waals surface area contributed by atoms with Crippen LogP contribution in [0, 0.1) is 5.92 Å². The van der Waals surface area contributed by atoms with Crippen LogP contribution >= 0.6 is 0 Å². The van der Waals surface area contributed by atoms with E-state index in [0.717, 1.165) is 17.9 Å². The maximum Gasteiger partial charge on any atom is 0.226 e. The molecule has 0 bridgehead atoms. The van der Waals surface area contributed by atoms with Crippen molar-refractivity contribution in [3.05, 3.63) is 60.2 Å². The van der Waals surface area contributed by atoms with Gasteiger partial charge in [-0.1, -0.05) is 44.2 Å². The highest BCUT2D eigenvalue weighted by atomic mass is 16.1. The lowest BCUT2D eigenvalue weighted by Gasteiger charge is -2.10. The zero-order valence-electron chi connectivity index (χ0n) is 11.9. The molecule has 0 aliphatic carbocycles. The van der Waals surface area contributed by atoms with Gasteiger partial charge in [0.2, 0.25) is 5.91 Å². The summed E-state index contributed by atoms with van der Waals surface area (Å²) in [7, 11) is 0. The summed E-state index contributed by atoms with van der Waals surface area (Å²) in [5.41, 5.74) is 3.11. The fourth-order valence-corrected chi connectivity index (χ4v) is 1.76.